The van der Waals surface area contributed by atoms with Gasteiger partial charge in [0.25, 0.3) is 0 Å². The Morgan fingerprint density at radius 1 is 0.900 bits per heavy atom. The lowest BCUT2D eigenvalue weighted by Crippen LogP contribution is -2.78. The van der Waals surface area contributed by atoms with Crippen molar-refractivity contribution in [2.75, 3.05) is 12.8 Å². The van der Waals surface area contributed by atoms with Crippen molar-refractivity contribution in [3.63, 3.8) is 0 Å². The van der Waals surface area contributed by atoms with E-state index in [1.165, 1.54) is 6.26 Å². The third-order valence-electron chi connectivity index (χ3n) is 6.30. The van der Waals surface area contributed by atoms with E-state index in [4.69, 9.17) is 11.6 Å². The van der Waals surface area contributed by atoms with Gasteiger partial charge >= 0.3 is 0 Å². The van der Waals surface area contributed by atoms with Crippen molar-refractivity contribution in [2.45, 2.75) is 23.4 Å². The van der Waals surface area contributed by atoms with Crippen LogP contribution in [-0.2, 0) is 15.4 Å². The van der Waals surface area contributed by atoms with Gasteiger partial charge in [-0.3, -0.25) is 4.90 Å². The molecule has 0 bridgehead atoms. The van der Waals surface area contributed by atoms with Crippen molar-refractivity contribution in [2.24, 2.45) is 0 Å². The maximum Gasteiger partial charge on any atom is 0.169 e. The zero-order valence-electron chi connectivity index (χ0n) is 16.9. The highest BCUT2D eigenvalue weighted by Crippen LogP contribution is 2.55. The molecule has 0 amide bonds. The number of hydrogen-bond acceptors (Lipinski definition) is 4. The second-order valence-electron chi connectivity index (χ2n) is 7.97. The highest BCUT2D eigenvalue weighted by atomic mass is 35.5. The number of halogens is 1. The molecule has 2 atom stereocenters. The Labute approximate surface area is 182 Å². The van der Waals surface area contributed by atoms with Gasteiger partial charge in [0.15, 0.2) is 14.7 Å². The van der Waals surface area contributed by atoms with Crippen molar-refractivity contribution >= 4 is 21.4 Å². The Bertz CT molecular complexity index is 1100. The minimum absolute atomic E-state index is 0.173. The van der Waals surface area contributed by atoms with Crippen LogP contribution in [0.2, 0.25) is 5.02 Å². The molecule has 3 aromatic rings. The van der Waals surface area contributed by atoms with E-state index >= 15 is 0 Å². The molecule has 4 rings (SSSR count). The fourth-order valence-corrected chi connectivity index (χ4v) is 5.97. The van der Waals surface area contributed by atoms with Crippen molar-refractivity contribution in [1.29, 1.82) is 0 Å². The lowest BCUT2D eigenvalue weighted by Gasteiger charge is -2.63. The molecule has 0 radical (unpaired) electrons. The molecule has 3 aromatic carbocycles. The van der Waals surface area contributed by atoms with E-state index in [1.54, 1.807) is 31.2 Å². The first-order valence-electron chi connectivity index (χ1n) is 9.73. The van der Waals surface area contributed by atoms with Gasteiger partial charge in [-0.1, -0.05) is 84.4 Å². The molecule has 4 nitrogen and oxygen atoms in total. The van der Waals surface area contributed by atoms with E-state index in [0.29, 0.717) is 10.6 Å². The van der Waals surface area contributed by atoms with Gasteiger partial charge in [-0.2, -0.15) is 0 Å². The summed E-state index contributed by atoms with van der Waals surface area (Å²) in [7, 11) is -3.70. The first kappa shape index (κ1) is 21.1. The maximum absolute atomic E-state index is 13.1. The van der Waals surface area contributed by atoms with Crippen LogP contribution in [0.4, 0.5) is 0 Å². The van der Waals surface area contributed by atoms with E-state index in [0.717, 1.165) is 11.1 Å². The number of benzene rings is 3. The van der Waals surface area contributed by atoms with Crippen LogP contribution in [0.1, 0.15) is 29.7 Å². The van der Waals surface area contributed by atoms with Crippen molar-refractivity contribution in [3.05, 3.63) is 107 Å². The summed E-state index contributed by atoms with van der Waals surface area (Å²) in [5, 5.41) is 12.2. The van der Waals surface area contributed by atoms with Crippen LogP contribution in [0, 0.1) is 0 Å². The smallest absolute Gasteiger partial charge is 0.169 e. The summed E-state index contributed by atoms with van der Waals surface area (Å²) >= 11 is 6.01. The third-order valence-corrected chi connectivity index (χ3v) is 8.57. The Morgan fingerprint density at radius 3 is 1.80 bits per heavy atom. The molecule has 1 fully saturated rings. The van der Waals surface area contributed by atoms with Crippen LogP contribution >= 0.6 is 11.6 Å². The quantitative estimate of drug-likeness (QED) is 0.637. The first-order valence-corrected chi connectivity index (χ1v) is 12.0. The fourth-order valence-electron chi connectivity index (χ4n) is 4.46. The fraction of sp³-hybridized carbons (Fsp3) is 0.250. The summed E-state index contributed by atoms with van der Waals surface area (Å²) < 4.78 is 26.3. The Balaban J connectivity index is 1.87. The van der Waals surface area contributed by atoms with Crippen LogP contribution in [0.25, 0.3) is 0 Å². The molecule has 1 aliphatic heterocycles. The number of rotatable bonds is 5. The van der Waals surface area contributed by atoms with Gasteiger partial charge in [-0.05, 0) is 35.7 Å². The molecule has 156 valence electrons. The van der Waals surface area contributed by atoms with Gasteiger partial charge < -0.3 is 5.11 Å². The molecule has 1 heterocycles. The normalized spacial score (nSPS) is 24.6. The number of aliphatic hydroxyl groups is 1. The van der Waals surface area contributed by atoms with Crippen LogP contribution in [0.15, 0.2) is 84.9 Å². The Kier molecular flexibility index (Phi) is 5.27. The third kappa shape index (κ3) is 3.17. The molecule has 30 heavy (non-hydrogen) atoms. The molecule has 0 aliphatic carbocycles. The molecule has 0 spiro atoms. The largest absolute Gasteiger partial charge is 0.381 e. The lowest BCUT2D eigenvalue weighted by molar-refractivity contribution is -0.187. The topological polar surface area (TPSA) is 57.6 Å². The molecule has 1 saturated heterocycles. The van der Waals surface area contributed by atoms with Crippen LogP contribution in [-0.4, -0.2) is 36.1 Å². The molecule has 1 aliphatic rings. The van der Waals surface area contributed by atoms with Crippen molar-refractivity contribution < 1.29 is 13.5 Å². The average Bonchev–Trinajstić information content (AvgIpc) is 2.74. The lowest BCUT2D eigenvalue weighted by atomic mass is 9.75. The summed E-state index contributed by atoms with van der Waals surface area (Å²) in [6, 6.07) is 26.0. The maximum atomic E-state index is 13.1. The number of likely N-dealkylation sites (tertiary alicyclic amines) is 1. The van der Waals surface area contributed by atoms with Crippen molar-refractivity contribution in [3.8, 4) is 0 Å². The van der Waals surface area contributed by atoms with Crippen LogP contribution < -0.4 is 0 Å². The van der Waals surface area contributed by atoms with Gasteiger partial charge in [0, 0.05) is 17.8 Å². The molecular formula is C24H24ClNO3S. The second-order valence-corrected chi connectivity index (χ2v) is 10.7. The minimum atomic E-state index is -3.70. The van der Waals surface area contributed by atoms with E-state index < -0.39 is 20.3 Å². The Hall–Kier alpha value is -2.18. The van der Waals surface area contributed by atoms with Gasteiger partial charge in [-0.25, -0.2) is 8.42 Å². The van der Waals surface area contributed by atoms with E-state index in [9.17, 15) is 13.5 Å². The number of β-amino-alcohol motifs (C(OH)–C–C–N with tert-alkyl or cyclic N) is 1. The standard InChI is InChI=1S/C24H24ClNO3S/c1-23(30(2,28)29)24(27,20-13-15-21(25)16-14-20)17-26(23)22(18-9-5-3-6-10-18)19-11-7-4-8-12-19/h3-16,22,27H,17H2,1-2H3. The number of sulfone groups is 1. The van der Waals surface area contributed by atoms with E-state index in [2.05, 4.69) is 0 Å². The highest BCUT2D eigenvalue weighted by Gasteiger charge is 2.69. The number of hydrogen-bond donors (Lipinski definition) is 1. The molecule has 2 unspecified atom stereocenters. The summed E-state index contributed by atoms with van der Waals surface area (Å²) in [6.45, 7) is 1.78. The minimum Gasteiger partial charge on any atom is -0.381 e. The molecule has 1 N–H and O–H groups in total. The molecule has 6 heteroatoms. The predicted octanol–water partition coefficient (Wildman–Crippen LogP) is 4.39. The SMILES string of the molecule is CC1(S(C)(=O)=O)N(C(c2ccccc2)c2ccccc2)CC1(O)c1ccc(Cl)cc1. The van der Waals surface area contributed by atoms with Crippen LogP contribution in [0.3, 0.4) is 0 Å². The molecule has 0 aromatic heterocycles. The number of nitrogens with zero attached hydrogens (tertiary/aromatic N) is 1. The van der Waals surface area contributed by atoms with Gasteiger partial charge in [0.05, 0.1) is 6.04 Å². The van der Waals surface area contributed by atoms with Gasteiger partial charge in [0.1, 0.15) is 5.60 Å². The monoisotopic (exact) mass is 441 g/mol. The molecular weight excluding hydrogens is 418 g/mol. The second kappa shape index (κ2) is 7.50. The van der Waals surface area contributed by atoms with Gasteiger partial charge in [0.2, 0.25) is 0 Å². The average molecular weight is 442 g/mol. The van der Waals surface area contributed by atoms with Crippen LogP contribution in [0.5, 0.6) is 0 Å². The first-order chi connectivity index (χ1) is 14.2. The van der Waals surface area contributed by atoms with E-state index in [1.807, 2.05) is 65.6 Å². The summed E-state index contributed by atoms with van der Waals surface area (Å²) in [4.78, 5) is 0.353. The van der Waals surface area contributed by atoms with Gasteiger partial charge in [-0.15, -0.1) is 0 Å². The van der Waals surface area contributed by atoms with Crippen molar-refractivity contribution in [1.82, 2.24) is 4.90 Å². The summed E-state index contributed by atoms with van der Waals surface area (Å²) in [6.07, 6.45) is 1.19. The predicted molar refractivity (Wildman–Crippen MR) is 120 cm³/mol. The Morgan fingerprint density at radius 2 is 1.37 bits per heavy atom. The highest BCUT2D eigenvalue weighted by molar-refractivity contribution is 7.92. The summed E-state index contributed by atoms with van der Waals surface area (Å²) in [5.74, 6) is 0. The summed E-state index contributed by atoms with van der Waals surface area (Å²) in [5.41, 5.74) is 0.914. The van der Waals surface area contributed by atoms with E-state index in [-0.39, 0.29) is 12.6 Å². The zero-order valence-corrected chi connectivity index (χ0v) is 18.4. The molecule has 0 saturated carbocycles. The zero-order chi connectivity index (χ0) is 21.6.